The third-order valence-corrected chi connectivity index (χ3v) is 3.37. The Hall–Kier alpha value is -0.375. The summed E-state index contributed by atoms with van der Waals surface area (Å²) in [6.45, 7) is 0. The van der Waals surface area contributed by atoms with Crippen LogP contribution in [0.15, 0.2) is 4.90 Å². The van der Waals surface area contributed by atoms with Gasteiger partial charge in [0.15, 0.2) is 23.3 Å². The van der Waals surface area contributed by atoms with Crippen molar-refractivity contribution in [2.75, 3.05) is 6.26 Å². The Morgan fingerprint density at radius 3 is 1.69 bits per heavy atom. The second-order valence-corrected chi connectivity index (χ2v) is 5.03. The van der Waals surface area contributed by atoms with Gasteiger partial charge in [0.05, 0.1) is 10.4 Å². The lowest BCUT2D eigenvalue weighted by molar-refractivity contribution is 0.400. The molecule has 0 saturated carbocycles. The Morgan fingerprint density at radius 1 is 0.938 bits per heavy atom. The van der Waals surface area contributed by atoms with E-state index in [0.717, 1.165) is 10.8 Å². The van der Waals surface area contributed by atoms with Crippen LogP contribution < -0.4 is 5.46 Å². The van der Waals surface area contributed by atoms with Crippen LogP contribution in [0.3, 0.4) is 0 Å². The van der Waals surface area contributed by atoms with Crippen molar-refractivity contribution in [3.63, 3.8) is 0 Å². The fourth-order valence-corrected chi connectivity index (χ4v) is 2.44. The molecule has 0 aromatic heterocycles. The van der Waals surface area contributed by atoms with Gasteiger partial charge in [-0.3, -0.25) is 0 Å². The summed E-state index contributed by atoms with van der Waals surface area (Å²) in [6.07, 6.45) is 1.47. The maximum Gasteiger partial charge on any atom is 0.494 e. The Kier molecular flexibility index (Phi) is 4.54. The van der Waals surface area contributed by atoms with E-state index in [4.69, 9.17) is 10.0 Å². The number of halogens is 4. The van der Waals surface area contributed by atoms with Gasteiger partial charge in [0, 0.05) is 0 Å². The summed E-state index contributed by atoms with van der Waals surface area (Å²) < 4.78 is 52.7. The molecule has 0 unspecified atom stereocenters. The molecule has 0 amide bonds. The number of rotatable bonds is 3. The summed E-state index contributed by atoms with van der Waals surface area (Å²) in [7, 11) is -1.22. The lowest BCUT2D eigenvalue weighted by atomic mass is 9.79. The van der Waals surface area contributed by atoms with E-state index < -0.39 is 40.7 Å². The van der Waals surface area contributed by atoms with Crippen LogP contribution in [-0.2, 0) is 0 Å². The largest absolute Gasteiger partial charge is 0.494 e. The molecule has 1 aromatic rings. The van der Waals surface area contributed by atoms with Crippen molar-refractivity contribution >= 4 is 34.2 Å². The Balaban J connectivity index is 3.50. The van der Waals surface area contributed by atoms with Gasteiger partial charge in [0.2, 0.25) is 0 Å². The first-order valence-corrected chi connectivity index (χ1v) is 6.40. The van der Waals surface area contributed by atoms with Gasteiger partial charge in [0.1, 0.15) is 0 Å². The average Bonchev–Trinajstić information content (AvgIpc) is 2.21. The van der Waals surface area contributed by atoms with Crippen molar-refractivity contribution in [3.05, 3.63) is 23.3 Å². The third-order valence-electron chi connectivity index (χ3n) is 1.68. The predicted octanol–water partition coefficient (Wildman–Crippen LogP) is 1.29. The fraction of sp³-hybridized carbons (Fsp3) is 0.143. The molecular weight excluding hydrogens is 267 g/mol. The van der Waals surface area contributed by atoms with E-state index in [0.29, 0.717) is 10.8 Å². The second-order valence-electron chi connectivity index (χ2n) is 2.62. The summed E-state index contributed by atoms with van der Waals surface area (Å²) in [6, 6.07) is 0. The molecule has 0 bridgehead atoms. The first-order chi connectivity index (χ1) is 7.41. The monoisotopic (exact) mass is 272 g/mol. The maximum atomic E-state index is 13.2. The quantitative estimate of drug-likeness (QED) is 0.376. The van der Waals surface area contributed by atoms with Crippen LogP contribution in [0.5, 0.6) is 0 Å². The molecular formula is C7H5BF4O2S2. The zero-order valence-corrected chi connectivity index (χ0v) is 9.43. The minimum Gasteiger partial charge on any atom is -0.423 e. The fourth-order valence-electron chi connectivity index (χ4n) is 1.01. The third kappa shape index (κ3) is 2.32. The summed E-state index contributed by atoms with van der Waals surface area (Å²) >= 11 is 0. The molecule has 16 heavy (non-hydrogen) atoms. The lowest BCUT2D eigenvalue weighted by Gasteiger charge is -2.09. The molecule has 1 rings (SSSR count). The Labute approximate surface area is 96.6 Å². The first-order valence-electron chi connectivity index (χ1n) is 3.84. The molecule has 2 nitrogen and oxygen atoms in total. The molecule has 0 radical (unpaired) electrons. The first kappa shape index (κ1) is 13.7. The van der Waals surface area contributed by atoms with Gasteiger partial charge in [-0.05, 0) is 6.26 Å². The van der Waals surface area contributed by atoms with Crippen LogP contribution >= 0.6 is 21.6 Å². The summed E-state index contributed by atoms with van der Waals surface area (Å²) in [5.41, 5.74) is -1.43. The highest BCUT2D eigenvalue weighted by atomic mass is 33.1. The van der Waals surface area contributed by atoms with Crippen molar-refractivity contribution in [3.8, 4) is 0 Å². The number of hydrogen-bond donors (Lipinski definition) is 2. The van der Waals surface area contributed by atoms with Crippen molar-refractivity contribution in [1.82, 2.24) is 0 Å². The molecule has 0 atom stereocenters. The molecule has 0 aliphatic carbocycles. The van der Waals surface area contributed by atoms with E-state index in [9.17, 15) is 17.6 Å². The predicted molar refractivity (Wildman–Crippen MR) is 55.5 cm³/mol. The van der Waals surface area contributed by atoms with Crippen molar-refractivity contribution in [1.29, 1.82) is 0 Å². The molecule has 1 aromatic carbocycles. The van der Waals surface area contributed by atoms with E-state index >= 15 is 0 Å². The SMILES string of the molecule is CSSc1c(F)c(F)c(B(O)O)c(F)c1F. The average molecular weight is 272 g/mol. The van der Waals surface area contributed by atoms with Crippen LogP contribution in [0.4, 0.5) is 17.6 Å². The highest BCUT2D eigenvalue weighted by molar-refractivity contribution is 8.76. The maximum absolute atomic E-state index is 13.2. The van der Waals surface area contributed by atoms with Crippen molar-refractivity contribution in [2.24, 2.45) is 0 Å². The van der Waals surface area contributed by atoms with Gasteiger partial charge in [-0.15, -0.1) is 0 Å². The van der Waals surface area contributed by atoms with Crippen LogP contribution in [0.2, 0.25) is 0 Å². The standard InChI is InChI=1S/C7H5BF4O2S2/c1-15-16-7-5(11)3(9)2(8(13)14)4(10)6(7)12/h13-14H,1H3. The van der Waals surface area contributed by atoms with E-state index in [2.05, 4.69) is 0 Å². The van der Waals surface area contributed by atoms with Gasteiger partial charge in [-0.2, -0.15) is 0 Å². The molecule has 0 aliphatic rings. The van der Waals surface area contributed by atoms with Crippen molar-refractivity contribution in [2.45, 2.75) is 4.90 Å². The van der Waals surface area contributed by atoms with E-state index in [1.165, 1.54) is 6.26 Å². The summed E-state index contributed by atoms with van der Waals surface area (Å²) in [5.74, 6) is -6.88. The van der Waals surface area contributed by atoms with E-state index in [1.54, 1.807) is 0 Å². The van der Waals surface area contributed by atoms with Gasteiger partial charge >= 0.3 is 7.12 Å². The van der Waals surface area contributed by atoms with E-state index in [1.807, 2.05) is 0 Å². The molecule has 0 saturated heterocycles. The van der Waals surface area contributed by atoms with Crippen LogP contribution in [-0.4, -0.2) is 23.4 Å². The van der Waals surface area contributed by atoms with Crippen LogP contribution in [0, 0.1) is 23.3 Å². The summed E-state index contributed by atoms with van der Waals surface area (Å²) in [4.78, 5) is -0.841. The molecule has 0 heterocycles. The molecule has 9 heteroatoms. The lowest BCUT2D eigenvalue weighted by Crippen LogP contribution is -2.37. The van der Waals surface area contributed by atoms with Gasteiger partial charge in [0.25, 0.3) is 0 Å². The smallest absolute Gasteiger partial charge is 0.423 e. The highest BCUT2D eigenvalue weighted by Gasteiger charge is 2.31. The second kappa shape index (κ2) is 5.30. The molecule has 2 N–H and O–H groups in total. The topological polar surface area (TPSA) is 40.5 Å². The number of benzene rings is 1. The minimum atomic E-state index is -2.61. The molecule has 0 aliphatic heterocycles. The van der Waals surface area contributed by atoms with Gasteiger partial charge in [-0.1, -0.05) is 21.6 Å². The Bertz CT molecular complexity index is 387. The molecule has 0 fully saturated rings. The van der Waals surface area contributed by atoms with E-state index in [-0.39, 0.29) is 0 Å². The minimum absolute atomic E-state index is 0.501. The van der Waals surface area contributed by atoms with Gasteiger partial charge < -0.3 is 10.0 Å². The zero-order valence-electron chi connectivity index (χ0n) is 7.80. The zero-order chi connectivity index (χ0) is 12.5. The number of hydrogen-bond acceptors (Lipinski definition) is 4. The molecule has 88 valence electrons. The normalized spacial score (nSPS) is 10.7. The van der Waals surface area contributed by atoms with Crippen molar-refractivity contribution < 1.29 is 27.6 Å². The van der Waals surface area contributed by atoms with Crippen LogP contribution in [0.25, 0.3) is 0 Å². The highest BCUT2D eigenvalue weighted by Crippen LogP contribution is 2.34. The Morgan fingerprint density at radius 2 is 1.38 bits per heavy atom. The molecule has 0 spiro atoms. The van der Waals surface area contributed by atoms with Gasteiger partial charge in [-0.25, -0.2) is 17.6 Å². The summed E-state index contributed by atoms with van der Waals surface area (Å²) in [5, 5.41) is 17.2. The van der Waals surface area contributed by atoms with Crippen LogP contribution in [0.1, 0.15) is 0 Å².